The van der Waals surface area contributed by atoms with E-state index < -0.39 is 5.91 Å². The SMILES string of the molecule is O=C(Nc1ccccc1Cl)c1cc(=O)n(-c2ccccc2)[nH]1. The minimum atomic E-state index is -0.431. The predicted octanol–water partition coefficient (Wildman–Crippen LogP) is 3.07. The molecule has 2 aromatic carbocycles. The lowest BCUT2D eigenvalue weighted by molar-refractivity contribution is 0.102. The number of nitrogens with zero attached hydrogens (tertiary/aromatic N) is 1. The van der Waals surface area contributed by atoms with Gasteiger partial charge in [0.1, 0.15) is 5.69 Å². The predicted molar refractivity (Wildman–Crippen MR) is 85.8 cm³/mol. The Morgan fingerprint density at radius 3 is 2.45 bits per heavy atom. The molecule has 1 heterocycles. The summed E-state index contributed by atoms with van der Waals surface area (Å²) in [7, 11) is 0. The number of carbonyl (C=O) groups excluding carboxylic acids is 1. The molecule has 22 heavy (non-hydrogen) atoms. The number of halogens is 1. The van der Waals surface area contributed by atoms with Crippen molar-refractivity contribution in [1.82, 2.24) is 9.78 Å². The first-order valence-electron chi connectivity index (χ1n) is 6.58. The van der Waals surface area contributed by atoms with Gasteiger partial charge in [-0.05, 0) is 24.3 Å². The number of nitrogens with one attached hydrogen (secondary N) is 2. The number of aromatic amines is 1. The smallest absolute Gasteiger partial charge is 0.273 e. The van der Waals surface area contributed by atoms with Gasteiger partial charge < -0.3 is 5.32 Å². The van der Waals surface area contributed by atoms with Crippen molar-refractivity contribution in [2.45, 2.75) is 0 Å². The summed E-state index contributed by atoms with van der Waals surface area (Å²) in [5.74, 6) is -0.431. The Morgan fingerprint density at radius 1 is 1.05 bits per heavy atom. The molecule has 0 unspecified atom stereocenters. The van der Waals surface area contributed by atoms with Crippen LogP contribution in [-0.2, 0) is 0 Å². The summed E-state index contributed by atoms with van der Waals surface area (Å²) in [6.45, 7) is 0. The van der Waals surface area contributed by atoms with E-state index in [9.17, 15) is 9.59 Å². The van der Waals surface area contributed by atoms with Gasteiger partial charge in [0.25, 0.3) is 11.5 Å². The maximum Gasteiger partial charge on any atom is 0.273 e. The number of hydrogen-bond donors (Lipinski definition) is 2. The lowest BCUT2D eigenvalue weighted by Gasteiger charge is -2.05. The van der Waals surface area contributed by atoms with Crippen LogP contribution in [0.4, 0.5) is 5.69 Å². The number of H-pyrrole nitrogens is 1. The largest absolute Gasteiger partial charge is 0.319 e. The molecule has 0 atom stereocenters. The molecule has 0 aliphatic rings. The number of anilines is 1. The van der Waals surface area contributed by atoms with Gasteiger partial charge in [-0.3, -0.25) is 14.7 Å². The molecule has 3 aromatic rings. The van der Waals surface area contributed by atoms with Crippen molar-refractivity contribution in [2.24, 2.45) is 0 Å². The van der Waals surface area contributed by atoms with Crippen molar-refractivity contribution in [3.05, 3.63) is 81.7 Å². The lowest BCUT2D eigenvalue weighted by Crippen LogP contribution is -2.14. The maximum atomic E-state index is 12.2. The fourth-order valence-electron chi connectivity index (χ4n) is 2.03. The molecule has 1 amide bonds. The van der Waals surface area contributed by atoms with Crippen LogP contribution in [0.2, 0.25) is 5.02 Å². The molecule has 0 saturated carbocycles. The zero-order valence-corrected chi connectivity index (χ0v) is 12.2. The molecule has 5 nitrogen and oxygen atoms in total. The third-order valence-electron chi connectivity index (χ3n) is 3.10. The van der Waals surface area contributed by atoms with Gasteiger partial charge in [0.15, 0.2) is 0 Å². The monoisotopic (exact) mass is 313 g/mol. The second-order valence-electron chi connectivity index (χ2n) is 4.61. The normalized spacial score (nSPS) is 10.4. The highest BCUT2D eigenvalue weighted by Crippen LogP contribution is 2.20. The summed E-state index contributed by atoms with van der Waals surface area (Å²) in [4.78, 5) is 24.2. The van der Waals surface area contributed by atoms with Gasteiger partial charge in [-0.2, -0.15) is 0 Å². The van der Waals surface area contributed by atoms with Crippen LogP contribution in [0.5, 0.6) is 0 Å². The van der Waals surface area contributed by atoms with Crippen LogP contribution < -0.4 is 10.9 Å². The molecular formula is C16H12ClN3O2. The van der Waals surface area contributed by atoms with Crippen molar-refractivity contribution in [3.8, 4) is 5.69 Å². The second kappa shape index (κ2) is 5.91. The molecule has 110 valence electrons. The van der Waals surface area contributed by atoms with Crippen LogP contribution in [0.25, 0.3) is 5.69 Å². The van der Waals surface area contributed by atoms with Crippen molar-refractivity contribution in [3.63, 3.8) is 0 Å². The molecule has 0 radical (unpaired) electrons. The fraction of sp³-hybridized carbons (Fsp3) is 0. The standard InChI is InChI=1S/C16H12ClN3O2/c17-12-8-4-5-9-13(12)18-16(22)14-10-15(21)20(19-14)11-6-2-1-3-7-11/h1-10,19H,(H,18,22). The van der Waals surface area contributed by atoms with Crippen LogP contribution in [0.15, 0.2) is 65.5 Å². The van der Waals surface area contributed by atoms with Gasteiger partial charge >= 0.3 is 0 Å². The second-order valence-corrected chi connectivity index (χ2v) is 5.02. The molecule has 0 fully saturated rings. The number of amides is 1. The van der Waals surface area contributed by atoms with Gasteiger partial charge in [0, 0.05) is 6.07 Å². The van der Waals surface area contributed by atoms with E-state index in [1.54, 1.807) is 36.4 Å². The first kappa shape index (κ1) is 14.2. The lowest BCUT2D eigenvalue weighted by atomic mass is 10.3. The van der Waals surface area contributed by atoms with Gasteiger partial charge in [0.05, 0.1) is 16.4 Å². The van der Waals surface area contributed by atoms with E-state index in [1.807, 2.05) is 18.2 Å². The number of rotatable bonds is 3. The van der Waals surface area contributed by atoms with Crippen LogP contribution in [0, 0.1) is 0 Å². The summed E-state index contributed by atoms with van der Waals surface area (Å²) < 4.78 is 1.31. The first-order chi connectivity index (χ1) is 10.6. The third-order valence-corrected chi connectivity index (χ3v) is 3.43. The Morgan fingerprint density at radius 2 is 1.73 bits per heavy atom. The molecule has 0 bridgehead atoms. The Kier molecular flexibility index (Phi) is 3.80. The molecule has 0 spiro atoms. The summed E-state index contributed by atoms with van der Waals surface area (Å²) in [6.07, 6.45) is 0. The summed E-state index contributed by atoms with van der Waals surface area (Å²) >= 11 is 6.00. The number of carbonyl (C=O) groups is 1. The Hall–Kier alpha value is -2.79. The van der Waals surface area contributed by atoms with E-state index in [1.165, 1.54) is 10.7 Å². The van der Waals surface area contributed by atoms with Gasteiger partial charge in [0.2, 0.25) is 0 Å². The Labute approximate surface area is 131 Å². The number of para-hydroxylation sites is 2. The van der Waals surface area contributed by atoms with Crippen molar-refractivity contribution < 1.29 is 4.79 Å². The zero-order chi connectivity index (χ0) is 15.5. The van der Waals surface area contributed by atoms with E-state index in [-0.39, 0.29) is 11.3 Å². The minimum absolute atomic E-state index is 0.161. The van der Waals surface area contributed by atoms with Crippen molar-refractivity contribution in [1.29, 1.82) is 0 Å². The molecule has 1 aromatic heterocycles. The molecule has 0 saturated heterocycles. The molecule has 6 heteroatoms. The van der Waals surface area contributed by atoms with Crippen molar-refractivity contribution in [2.75, 3.05) is 5.32 Å². The van der Waals surface area contributed by atoms with E-state index in [0.717, 1.165) is 0 Å². The van der Waals surface area contributed by atoms with Crippen LogP contribution >= 0.6 is 11.6 Å². The average molecular weight is 314 g/mol. The average Bonchev–Trinajstić information content (AvgIpc) is 2.92. The van der Waals surface area contributed by atoms with Gasteiger partial charge in [-0.1, -0.05) is 41.9 Å². The van der Waals surface area contributed by atoms with Crippen LogP contribution in [0.1, 0.15) is 10.5 Å². The highest BCUT2D eigenvalue weighted by Gasteiger charge is 2.13. The van der Waals surface area contributed by atoms with E-state index in [2.05, 4.69) is 10.4 Å². The minimum Gasteiger partial charge on any atom is -0.319 e. The third kappa shape index (κ3) is 2.80. The Balaban J connectivity index is 1.89. The van der Waals surface area contributed by atoms with E-state index in [0.29, 0.717) is 16.4 Å². The molecular weight excluding hydrogens is 302 g/mol. The number of aromatic nitrogens is 2. The topological polar surface area (TPSA) is 66.9 Å². The summed E-state index contributed by atoms with van der Waals surface area (Å²) in [6, 6.07) is 17.2. The first-order valence-corrected chi connectivity index (χ1v) is 6.96. The molecule has 2 N–H and O–H groups in total. The Bertz CT molecular complexity index is 868. The highest BCUT2D eigenvalue weighted by molar-refractivity contribution is 6.33. The zero-order valence-electron chi connectivity index (χ0n) is 11.4. The van der Waals surface area contributed by atoms with E-state index in [4.69, 9.17) is 11.6 Å². The van der Waals surface area contributed by atoms with E-state index >= 15 is 0 Å². The molecule has 3 rings (SSSR count). The van der Waals surface area contributed by atoms with Crippen LogP contribution in [-0.4, -0.2) is 15.7 Å². The molecule has 0 aliphatic heterocycles. The number of benzene rings is 2. The quantitative estimate of drug-likeness (QED) is 0.780. The van der Waals surface area contributed by atoms with Gasteiger partial charge in [-0.25, -0.2) is 4.68 Å². The van der Waals surface area contributed by atoms with Gasteiger partial charge in [-0.15, -0.1) is 0 Å². The molecule has 0 aliphatic carbocycles. The summed E-state index contributed by atoms with van der Waals surface area (Å²) in [5.41, 5.74) is 0.996. The summed E-state index contributed by atoms with van der Waals surface area (Å²) in [5, 5.41) is 5.88. The number of hydrogen-bond acceptors (Lipinski definition) is 2. The highest BCUT2D eigenvalue weighted by atomic mass is 35.5. The van der Waals surface area contributed by atoms with Crippen molar-refractivity contribution >= 4 is 23.2 Å². The maximum absolute atomic E-state index is 12.2. The fourth-order valence-corrected chi connectivity index (χ4v) is 2.22. The van der Waals surface area contributed by atoms with Crippen LogP contribution in [0.3, 0.4) is 0 Å².